The molecule has 1 saturated heterocycles. The number of carbonyl (C=O) groups is 3. The van der Waals surface area contributed by atoms with Gasteiger partial charge in [-0.2, -0.15) is 0 Å². The van der Waals surface area contributed by atoms with Gasteiger partial charge in [0.2, 0.25) is 0 Å². The number of methoxy groups -OCH3 is 1. The van der Waals surface area contributed by atoms with E-state index in [1.165, 1.54) is 6.08 Å². The number of urea groups is 1. The number of imide groups is 2. The van der Waals surface area contributed by atoms with Crippen molar-refractivity contribution in [3.05, 3.63) is 71.3 Å². The average molecular weight is 392 g/mol. The van der Waals surface area contributed by atoms with E-state index >= 15 is 0 Å². The highest BCUT2D eigenvalue weighted by atomic mass is 16.5. The van der Waals surface area contributed by atoms with Gasteiger partial charge in [0.05, 0.1) is 7.11 Å². The molecule has 0 saturated carbocycles. The molecule has 0 unspecified atom stereocenters. The van der Waals surface area contributed by atoms with Crippen LogP contribution in [0.2, 0.25) is 0 Å². The van der Waals surface area contributed by atoms with E-state index in [4.69, 9.17) is 4.74 Å². The summed E-state index contributed by atoms with van der Waals surface area (Å²) in [5.41, 5.74) is 1.68. The van der Waals surface area contributed by atoms with Crippen LogP contribution in [0.25, 0.3) is 6.08 Å². The number of carbonyl (C=O) groups excluding carboxylic acids is 3. The second-order valence-electron chi connectivity index (χ2n) is 7.08. The normalized spacial score (nSPS) is 16.1. The monoisotopic (exact) mass is 392 g/mol. The van der Waals surface area contributed by atoms with Crippen molar-refractivity contribution in [3.8, 4) is 5.75 Å². The SMILES string of the molecule is COc1ccc(/C=C2/C(=O)N(CCc3ccccc3)C(=O)N(C(C)C)C2=O)cc1. The summed E-state index contributed by atoms with van der Waals surface area (Å²) in [7, 11) is 1.57. The van der Waals surface area contributed by atoms with Crippen LogP contribution in [0.15, 0.2) is 60.2 Å². The van der Waals surface area contributed by atoms with Crippen molar-refractivity contribution < 1.29 is 19.1 Å². The molecule has 2 aromatic carbocycles. The lowest BCUT2D eigenvalue weighted by Gasteiger charge is -2.36. The summed E-state index contributed by atoms with van der Waals surface area (Å²) in [6.07, 6.45) is 2.05. The summed E-state index contributed by atoms with van der Waals surface area (Å²) >= 11 is 0. The molecule has 1 heterocycles. The standard InChI is InChI=1S/C23H24N2O4/c1-16(2)25-22(27)20(15-18-9-11-19(29-3)12-10-18)21(26)24(23(25)28)14-13-17-7-5-4-6-8-17/h4-12,15-16H,13-14H2,1-3H3/b20-15-. The molecule has 0 atom stereocenters. The zero-order chi connectivity index (χ0) is 21.0. The van der Waals surface area contributed by atoms with Crippen molar-refractivity contribution in [1.82, 2.24) is 9.80 Å². The van der Waals surface area contributed by atoms with Crippen molar-refractivity contribution in [2.45, 2.75) is 26.3 Å². The molecular weight excluding hydrogens is 368 g/mol. The van der Waals surface area contributed by atoms with E-state index in [1.807, 2.05) is 30.3 Å². The van der Waals surface area contributed by atoms with Gasteiger partial charge in [0.15, 0.2) is 0 Å². The fourth-order valence-corrected chi connectivity index (χ4v) is 3.20. The number of nitrogens with zero attached hydrogens (tertiary/aromatic N) is 2. The zero-order valence-electron chi connectivity index (χ0n) is 16.8. The summed E-state index contributed by atoms with van der Waals surface area (Å²) in [6.45, 7) is 3.72. The van der Waals surface area contributed by atoms with Gasteiger partial charge in [-0.05, 0) is 49.6 Å². The maximum atomic E-state index is 13.0. The molecule has 2 aromatic rings. The summed E-state index contributed by atoms with van der Waals surface area (Å²) in [6, 6.07) is 15.7. The second kappa shape index (κ2) is 8.73. The molecule has 6 nitrogen and oxygen atoms in total. The first-order chi connectivity index (χ1) is 13.9. The van der Waals surface area contributed by atoms with Crippen LogP contribution in [0, 0.1) is 0 Å². The van der Waals surface area contributed by atoms with Crippen LogP contribution in [0.5, 0.6) is 5.75 Å². The molecule has 0 aromatic heterocycles. The third-order valence-electron chi connectivity index (χ3n) is 4.77. The van der Waals surface area contributed by atoms with Crippen LogP contribution in [0.1, 0.15) is 25.0 Å². The van der Waals surface area contributed by atoms with Crippen molar-refractivity contribution in [2.24, 2.45) is 0 Å². The van der Waals surface area contributed by atoms with Crippen LogP contribution in [-0.2, 0) is 16.0 Å². The lowest BCUT2D eigenvalue weighted by Crippen LogP contribution is -2.58. The second-order valence-corrected chi connectivity index (χ2v) is 7.08. The molecule has 0 radical (unpaired) electrons. The van der Waals surface area contributed by atoms with Crippen LogP contribution < -0.4 is 4.74 Å². The van der Waals surface area contributed by atoms with Gasteiger partial charge in [0, 0.05) is 12.6 Å². The molecule has 6 heteroatoms. The molecule has 1 fully saturated rings. The Labute approximate surface area is 170 Å². The first-order valence-corrected chi connectivity index (χ1v) is 9.51. The topological polar surface area (TPSA) is 66.9 Å². The van der Waals surface area contributed by atoms with Gasteiger partial charge in [-0.3, -0.25) is 19.4 Å². The number of ether oxygens (including phenoxy) is 1. The minimum Gasteiger partial charge on any atom is -0.497 e. The van der Waals surface area contributed by atoms with Crippen molar-refractivity contribution in [2.75, 3.05) is 13.7 Å². The van der Waals surface area contributed by atoms with Crippen LogP contribution >= 0.6 is 0 Å². The van der Waals surface area contributed by atoms with Gasteiger partial charge >= 0.3 is 6.03 Å². The van der Waals surface area contributed by atoms with Gasteiger partial charge < -0.3 is 4.74 Å². The van der Waals surface area contributed by atoms with E-state index in [0.717, 1.165) is 15.4 Å². The van der Waals surface area contributed by atoms with E-state index in [2.05, 4.69) is 0 Å². The number of hydrogen-bond donors (Lipinski definition) is 0. The first-order valence-electron chi connectivity index (χ1n) is 9.51. The highest BCUT2D eigenvalue weighted by Gasteiger charge is 2.42. The van der Waals surface area contributed by atoms with Crippen molar-refractivity contribution in [1.29, 1.82) is 0 Å². The van der Waals surface area contributed by atoms with Crippen LogP contribution in [0.4, 0.5) is 4.79 Å². The Morgan fingerprint density at radius 2 is 1.59 bits per heavy atom. The Balaban J connectivity index is 1.91. The van der Waals surface area contributed by atoms with E-state index in [1.54, 1.807) is 45.2 Å². The Kier molecular flexibility index (Phi) is 6.12. The molecule has 3 rings (SSSR count). The Hall–Kier alpha value is -3.41. The van der Waals surface area contributed by atoms with Gasteiger partial charge in [-0.15, -0.1) is 0 Å². The summed E-state index contributed by atoms with van der Waals surface area (Å²) in [4.78, 5) is 41.1. The number of amides is 4. The summed E-state index contributed by atoms with van der Waals surface area (Å²) < 4.78 is 5.14. The molecule has 29 heavy (non-hydrogen) atoms. The molecule has 1 aliphatic rings. The third kappa shape index (κ3) is 4.37. The molecule has 0 N–H and O–H groups in total. The molecular formula is C23H24N2O4. The Morgan fingerprint density at radius 3 is 2.17 bits per heavy atom. The van der Waals surface area contributed by atoms with E-state index < -0.39 is 17.8 Å². The maximum Gasteiger partial charge on any atom is 0.334 e. The van der Waals surface area contributed by atoms with Crippen molar-refractivity contribution >= 4 is 23.9 Å². The number of rotatable bonds is 6. The van der Waals surface area contributed by atoms with Crippen molar-refractivity contribution in [3.63, 3.8) is 0 Å². The molecule has 150 valence electrons. The van der Waals surface area contributed by atoms with Gasteiger partial charge in [0.25, 0.3) is 11.8 Å². The maximum absolute atomic E-state index is 13.0. The first kappa shape index (κ1) is 20.3. The van der Waals surface area contributed by atoms with E-state index in [9.17, 15) is 14.4 Å². The number of hydrogen-bond acceptors (Lipinski definition) is 4. The molecule has 0 bridgehead atoms. The quantitative estimate of drug-likeness (QED) is 0.557. The molecule has 1 aliphatic heterocycles. The van der Waals surface area contributed by atoms with Gasteiger partial charge in [0.1, 0.15) is 11.3 Å². The van der Waals surface area contributed by atoms with E-state index in [-0.39, 0.29) is 18.2 Å². The highest BCUT2D eigenvalue weighted by molar-refractivity contribution is 6.31. The van der Waals surface area contributed by atoms with Crippen LogP contribution in [0.3, 0.4) is 0 Å². The smallest absolute Gasteiger partial charge is 0.334 e. The molecule has 0 aliphatic carbocycles. The summed E-state index contributed by atoms with van der Waals surface area (Å²) in [5, 5.41) is 0. The van der Waals surface area contributed by atoms with Crippen LogP contribution in [-0.4, -0.2) is 47.3 Å². The molecule has 4 amide bonds. The Bertz CT molecular complexity index is 933. The predicted molar refractivity (Wildman–Crippen MR) is 110 cm³/mol. The largest absolute Gasteiger partial charge is 0.497 e. The third-order valence-corrected chi connectivity index (χ3v) is 4.77. The number of benzene rings is 2. The predicted octanol–water partition coefficient (Wildman–Crippen LogP) is 3.52. The molecule has 0 spiro atoms. The van der Waals surface area contributed by atoms with Gasteiger partial charge in [-0.1, -0.05) is 42.5 Å². The minimum absolute atomic E-state index is 0.0171. The fourth-order valence-electron chi connectivity index (χ4n) is 3.20. The van der Waals surface area contributed by atoms with Gasteiger partial charge in [-0.25, -0.2) is 4.79 Å². The highest BCUT2D eigenvalue weighted by Crippen LogP contribution is 2.23. The lowest BCUT2D eigenvalue weighted by molar-refractivity contribution is -0.136. The summed E-state index contributed by atoms with van der Waals surface area (Å²) in [5.74, 6) is -0.456. The number of barbiturate groups is 1. The fraction of sp³-hybridized carbons (Fsp3) is 0.261. The average Bonchev–Trinajstić information content (AvgIpc) is 2.72. The minimum atomic E-state index is -0.571. The Morgan fingerprint density at radius 1 is 0.931 bits per heavy atom. The lowest BCUT2D eigenvalue weighted by atomic mass is 10.0. The zero-order valence-corrected chi connectivity index (χ0v) is 16.8. The van der Waals surface area contributed by atoms with E-state index in [0.29, 0.717) is 17.7 Å².